The van der Waals surface area contributed by atoms with Gasteiger partial charge in [0.05, 0.1) is 11.9 Å². The van der Waals surface area contributed by atoms with Crippen LogP contribution in [-0.4, -0.2) is 12.0 Å². The molecule has 1 aromatic carbocycles. The monoisotopic (exact) mass is 276 g/mol. The van der Waals surface area contributed by atoms with Crippen molar-refractivity contribution >= 4 is 27.3 Å². The number of hydrogen-bond acceptors (Lipinski definition) is 2. The fraction of sp³-hybridized carbons (Fsp3) is 0.154. The molecule has 0 spiro atoms. The molecule has 1 aromatic heterocycles. The Hall–Kier alpha value is -1.35. The summed E-state index contributed by atoms with van der Waals surface area (Å²) >= 11 is 3.43. The second-order valence-corrected chi connectivity index (χ2v) is 4.62. The van der Waals surface area contributed by atoms with Crippen molar-refractivity contribution in [3.63, 3.8) is 0 Å². The summed E-state index contributed by atoms with van der Waals surface area (Å²) < 4.78 is 0.991. The highest BCUT2D eigenvalue weighted by Crippen LogP contribution is 2.27. The predicted octanol–water partition coefficient (Wildman–Crippen LogP) is 3.92. The van der Waals surface area contributed by atoms with Crippen molar-refractivity contribution < 1.29 is 0 Å². The van der Waals surface area contributed by atoms with Gasteiger partial charge in [-0.05, 0) is 40.5 Å². The van der Waals surface area contributed by atoms with E-state index < -0.39 is 0 Å². The molecule has 2 rings (SSSR count). The first kappa shape index (κ1) is 11.1. The summed E-state index contributed by atoms with van der Waals surface area (Å²) in [6.07, 6.45) is 3.65. The van der Waals surface area contributed by atoms with Crippen LogP contribution in [0.1, 0.15) is 5.56 Å². The maximum atomic E-state index is 4.17. The molecule has 1 heterocycles. The lowest BCUT2D eigenvalue weighted by Gasteiger charge is -2.21. The Morgan fingerprint density at radius 1 is 1.19 bits per heavy atom. The second kappa shape index (κ2) is 4.66. The first-order valence-electron chi connectivity index (χ1n) is 5.08. The molecule has 0 radical (unpaired) electrons. The number of hydrogen-bond donors (Lipinski definition) is 0. The number of rotatable bonds is 2. The largest absolute Gasteiger partial charge is 0.343 e. The van der Waals surface area contributed by atoms with Crippen molar-refractivity contribution in [2.24, 2.45) is 0 Å². The summed E-state index contributed by atoms with van der Waals surface area (Å²) in [6.45, 7) is 2.11. The molecule has 0 aliphatic carbocycles. The molecular formula is C13H13BrN2. The average molecular weight is 277 g/mol. The predicted molar refractivity (Wildman–Crippen MR) is 71.2 cm³/mol. The van der Waals surface area contributed by atoms with Crippen LogP contribution in [0.2, 0.25) is 0 Å². The number of aromatic nitrogens is 1. The van der Waals surface area contributed by atoms with Gasteiger partial charge in [-0.15, -0.1) is 0 Å². The van der Waals surface area contributed by atoms with Gasteiger partial charge in [-0.1, -0.05) is 18.2 Å². The SMILES string of the molecule is Cc1ccccc1N(C)c1cncc(Br)c1. The maximum absolute atomic E-state index is 4.17. The maximum Gasteiger partial charge on any atom is 0.0605 e. The van der Waals surface area contributed by atoms with E-state index in [1.807, 2.05) is 25.4 Å². The third-order valence-corrected chi connectivity index (χ3v) is 2.99. The topological polar surface area (TPSA) is 16.1 Å². The molecule has 0 aliphatic heterocycles. The Kier molecular flexibility index (Phi) is 3.25. The Morgan fingerprint density at radius 3 is 2.62 bits per heavy atom. The molecule has 16 heavy (non-hydrogen) atoms. The lowest BCUT2D eigenvalue weighted by atomic mass is 10.2. The van der Waals surface area contributed by atoms with Crippen molar-refractivity contribution in [3.8, 4) is 0 Å². The van der Waals surface area contributed by atoms with Crippen LogP contribution >= 0.6 is 15.9 Å². The zero-order chi connectivity index (χ0) is 11.5. The van der Waals surface area contributed by atoms with Crippen molar-refractivity contribution in [3.05, 3.63) is 52.8 Å². The molecule has 0 fully saturated rings. The summed E-state index contributed by atoms with van der Waals surface area (Å²) in [6, 6.07) is 10.4. The summed E-state index contributed by atoms with van der Waals surface area (Å²) in [7, 11) is 2.05. The van der Waals surface area contributed by atoms with Crippen LogP contribution in [0.5, 0.6) is 0 Å². The van der Waals surface area contributed by atoms with Gasteiger partial charge >= 0.3 is 0 Å². The molecule has 2 aromatic rings. The molecule has 2 nitrogen and oxygen atoms in total. The highest BCUT2D eigenvalue weighted by Gasteiger charge is 2.06. The van der Waals surface area contributed by atoms with E-state index in [0.29, 0.717) is 0 Å². The van der Waals surface area contributed by atoms with Crippen LogP contribution in [0.4, 0.5) is 11.4 Å². The zero-order valence-corrected chi connectivity index (χ0v) is 10.9. The molecular weight excluding hydrogens is 264 g/mol. The molecule has 0 saturated carbocycles. The van der Waals surface area contributed by atoms with Crippen LogP contribution in [0.3, 0.4) is 0 Å². The van der Waals surface area contributed by atoms with E-state index in [-0.39, 0.29) is 0 Å². The first-order chi connectivity index (χ1) is 7.68. The van der Waals surface area contributed by atoms with E-state index in [9.17, 15) is 0 Å². The number of halogens is 1. The van der Waals surface area contributed by atoms with Crippen LogP contribution < -0.4 is 4.90 Å². The third kappa shape index (κ3) is 2.25. The van der Waals surface area contributed by atoms with Gasteiger partial charge in [0.1, 0.15) is 0 Å². The van der Waals surface area contributed by atoms with Crippen molar-refractivity contribution in [2.45, 2.75) is 6.92 Å². The lowest BCUT2D eigenvalue weighted by molar-refractivity contribution is 1.15. The Morgan fingerprint density at radius 2 is 1.94 bits per heavy atom. The average Bonchev–Trinajstić information content (AvgIpc) is 2.29. The summed E-state index contributed by atoms with van der Waals surface area (Å²) in [5.41, 5.74) is 3.52. The minimum Gasteiger partial charge on any atom is -0.343 e. The fourth-order valence-electron chi connectivity index (χ4n) is 1.66. The molecule has 3 heteroatoms. The molecule has 0 unspecified atom stereocenters. The molecule has 0 N–H and O–H groups in total. The van der Waals surface area contributed by atoms with Crippen LogP contribution in [0.15, 0.2) is 47.2 Å². The quantitative estimate of drug-likeness (QED) is 0.827. The molecule has 0 amide bonds. The Labute approximate surface area is 104 Å². The normalized spacial score (nSPS) is 10.2. The minimum absolute atomic E-state index is 0.991. The van der Waals surface area contributed by atoms with Gasteiger partial charge in [0.15, 0.2) is 0 Å². The van der Waals surface area contributed by atoms with Gasteiger partial charge in [0, 0.05) is 23.4 Å². The number of pyridine rings is 1. The van der Waals surface area contributed by atoms with Crippen LogP contribution in [-0.2, 0) is 0 Å². The van der Waals surface area contributed by atoms with E-state index >= 15 is 0 Å². The molecule has 0 atom stereocenters. The van der Waals surface area contributed by atoms with E-state index in [0.717, 1.165) is 10.2 Å². The highest BCUT2D eigenvalue weighted by molar-refractivity contribution is 9.10. The number of benzene rings is 1. The highest BCUT2D eigenvalue weighted by atomic mass is 79.9. The van der Waals surface area contributed by atoms with E-state index in [1.54, 1.807) is 6.20 Å². The second-order valence-electron chi connectivity index (χ2n) is 3.71. The summed E-state index contributed by atoms with van der Waals surface area (Å²) in [5, 5.41) is 0. The number of aryl methyl sites for hydroxylation is 1. The van der Waals surface area contributed by atoms with Gasteiger partial charge in [0.2, 0.25) is 0 Å². The molecule has 82 valence electrons. The van der Waals surface area contributed by atoms with E-state index in [1.165, 1.54) is 11.3 Å². The zero-order valence-electron chi connectivity index (χ0n) is 9.31. The van der Waals surface area contributed by atoms with E-state index in [4.69, 9.17) is 0 Å². The van der Waals surface area contributed by atoms with Gasteiger partial charge in [-0.3, -0.25) is 4.98 Å². The van der Waals surface area contributed by atoms with Crippen molar-refractivity contribution in [2.75, 3.05) is 11.9 Å². The van der Waals surface area contributed by atoms with Crippen LogP contribution in [0, 0.1) is 6.92 Å². The summed E-state index contributed by atoms with van der Waals surface area (Å²) in [4.78, 5) is 6.30. The smallest absolute Gasteiger partial charge is 0.0605 e. The van der Waals surface area contributed by atoms with Gasteiger partial charge in [-0.2, -0.15) is 0 Å². The molecule has 0 saturated heterocycles. The van der Waals surface area contributed by atoms with Crippen molar-refractivity contribution in [1.82, 2.24) is 4.98 Å². The standard InChI is InChI=1S/C13H13BrN2/c1-10-5-3-4-6-13(10)16(2)12-7-11(14)8-15-9-12/h3-9H,1-2H3. The Bertz CT molecular complexity index is 497. The van der Waals surface area contributed by atoms with Gasteiger partial charge in [0.25, 0.3) is 0 Å². The van der Waals surface area contributed by atoms with Gasteiger partial charge in [-0.25, -0.2) is 0 Å². The molecule has 0 bridgehead atoms. The number of anilines is 2. The molecule has 0 aliphatic rings. The minimum atomic E-state index is 0.991. The fourth-order valence-corrected chi connectivity index (χ4v) is 2.02. The van der Waals surface area contributed by atoms with Crippen LogP contribution in [0.25, 0.3) is 0 Å². The lowest BCUT2D eigenvalue weighted by Crippen LogP contribution is -2.10. The number of nitrogens with zero attached hydrogens (tertiary/aromatic N) is 2. The third-order valence-electron chi connectivity index (χ3n) is 2.55. The summed E-state index contributed by atoms with van der Waals surface area (Å²) in [5.74, 6) is 0. The van der Waals surface area contributed by atoms with Gasteiger partial charge < -0.3 is 4.90 Å². The number of para-hydroxylation sites is 1. The van der Waals surface area contributed by atoms with E-state index in [2.05, 4.69) is 50.9 Å². The van der Waals surface area contributed by atoms with Crippen molar-refractivity contribution in [1.29, 1.82) is 0 Å². The first-order valence-corrected chi connectivity index (χ1v) is 5.87. The Balaban J connectivity index is 2.39.